The highest BCUT2D eigenvalue weighted by molar-refractivity contribution is 4.37. The molecule has 0 aromatic rings. The molecule has 0 aliphatic rings. The van der Waals surface area contributed by atoms with E-state index < -0.39 is 12.4 Å². The van der Waals surface area contributed by atoms with Crippen LogP contribution in [0.4, 0.5) is 17.6 Å². The lowest BCUT2D eigenvalue weighted by molar-refractivity contribution is -0.452. The first-order chi connectivity index (χ1) is 3.71. The Morgan fingerprint density at radius 3 is 1.56 bits per heavy atom. The topological polar surface area (TPSA) is 29.1 Å². The van der Waals surface area contributed by atoms with E-state index in [1.807, 2.05) is 0 Å². The maximum atomic E-state index is 11.4. The number of rotatable bonds is 1. The van der Waals surface area contributed by atoms with Gasteiger partial charge in [0, 0.05) is 6.92 Å². The normalized spacial score (nSPS) is 19.3. The van der Waals surface area contributed by atoms with Crippen molar-refractivity contribution in [2.75, 3.05) is 0 Å². The fourth-order valence-corrected chi connectivity index (χ4v) is 0.207. The van der Waals surface area contributed by atoms with Gasteiger partial charge >= 0.3 is 12.4 Å². The van der Waals surface area contributed by atoms with Gasteiger partial charge in [0.15, 0.2) is 0 Å². The van der Waals surface area contributed by atoms with Crippen molar-refractivity contribution in [3.8, 4) is 0 Å². The van der Waals surface area contributed by atoms with Crippen LogP contribution in [0.3, 0.4) is 0 Å². The molecule has 0 aliphatic heterocycles. The van der Waals surface area contributed by atoms with E-state index in [1.165, 1.54) is 0 Å². The van der Waals surface area contributed by atoms with E-state index in [9.17, 15) is 22.7 Å². The summed E-state index contributed by atoms with van der Waals surface area (Å²) in [5.41, 5.74) is 0. The van der Waals surface area contributed by atoms with Crippen LogP contribution in [0, 0.1) is 0 Å². The maximum absolute atomic E-state index is 11.4. The first kappa shape index (κ1) is 8.64. The maximum Gasteiger partial charge on any atom is 0.527 e. The number of alkyl halides is 4. The van der Waals surface area contributed by atoms with Crippen LogP contribution < -0.4 is 0 Å². The zero-order chi connectivity index (χ0) is 7.71. The Hall–Kier alpha value is -0.360. The second-order valence-electron chi connectivity index (χ2n) is 1.38. The van der Waals surface area contributed by atoms with E-state index in [0.717, 1.165) is 0 Å². The van der Waals surface area contributed by atoms with E-state index in [4.69, 9.17) is 0 Å². The molecule has 6 heteroatoms. The zero-order valence-electron chi connectivity index (χ0n) is 4.33. The predicted octanol–water partition coefficient (Wildman–Crippen LogP) is 1.60. The SMILES string of the molecule is CC([O])(F)OC(F)(F)F. The van der Waals surface area contributed by atoms with Crippen molar-refractivity contribution in [3.63, 3.8) is 0 Å². The average molecular weight is 147 g/mol. The second kappa shape index (κ2) is 2.11. The Bertz CT molecular complexity index is 79.0. The number of halogens is 4. The van der Waals surface area contributed by atoms with Crippen LogP contribution in [0.25, 0.3) is 0 Å². The molecule has 1 radical (unpaired) electrons. The van der Waals surface area contributed by atoms with E-state index in [-0.39, 0.29) is 6.92 Å². The fourth-order valence-electron chi connectivity index (χ4n) is 0.207. The van der Waals surface area contributed by atoms with Crippen LogP contribution in [-0.2, 0) is 9.84 Å². The number of hydrogen-bond acceptors (Lipinski definition) is 1. The molecule has 1 atom stereocenters. The van der Waals surface area contributed by atoms with Gasteiger partial charge in [0.1, 0.15) is 0 Å². The summed E-state index contributed by atoms with van der Waals surface area (Å²) in [5.74, 6) is 0. The molecule has 2 nitrogen and oxygen atoms in total. The van der Waals surface area contributed by atoms with Crippen LogP contribution in [-0.4, -0.2) is 12.4 Å². The van der Waals surface area contributed by atoms with Gasteiger partial charge in [-0.15, -0.1) is 13.2 Å². The van der Waals surface area contributed by atoms with E-state index in [1.54, 1.807) is 0 Å². The summed E-state index contributed by atoms with van der Waals surface area (Å²) >= 11 is 0. The largest absolute Gasteiger partial charge is 0.527 e. The minimum Gasteiger partial charge on any atom is -0.228 e. The third-order valence-electron chi connectivity index (χ3n) is 0.298. The van der Waals surface area contributed by atoms with Gasteiger partial charge in [-0.2, -0.15) is 9.50 Å². The van der Waals surface area contributed by atoms with E-state index >= 15 is 0 Å². The standard InChI is InChI=1S/C3H3F4O2/c1-2(4,8)9-3(5,6)7/h1H3. The van der Waals surface area contributed by atoms with Crippen molar-refractivity contribution in [1.29, 1.82) is 0 Å². The summed E-state index contributed by atoms with van der Waals surface area (Å²) in [6.07, 6.45) is -5.20. The van der Waals surface area contributed by atoms with Crippen molar-refractivity contribution in [1.82, 2.24) is 0 Å². The zero-order valence-corrected chi connectivity index (χ0v) is 4.33. The quantitative estimate of drug-likeness (QED) is 0.409. The van der Waals surface area contributed by atoms with Gasteiger partial charge in [-0.3, -0.25) is 0 Å². The molecule has 0 spiro atoms. The molecule has 0 fully saturated rings. The molecule has 0 amide bonds. The predicted molar refractivity (Wildman–Crippen MR) is 17.3 cm³/mol. The Morgan fingerprint density at radius 1 is 1.22 bits per heavy atom. The molecule has 55 valence electrons. The van der Waals surface area contributed by atoms with Gasteiger partial charge in [0.25, 0.3) is 0 Å². The van der Waals surface area contributed by atoms with Gasteiger partial charge in [-0.25, -0.2) is 4.74 Å². The summed E-state index contributed by atoms with van der Waals surface area (Å²) in [5, 5.41) is 9.51. The molecule has 0 aromatic heterocycles. The lowest BCUT2D eigenvalue weighted by Gasteiger charge is -2.12. The highest BCUT2D eigenvalue weighted by Crippen LogP contribution is 2.24. The van der Waals surface area contributed by atoms with Crippen LogP contribution in [0.1, 0.15) is 6.92 Å². The first-order valence-electron chi connectivity index (χ1n) is 1.87. The van der Waals surface area contributed by atoms with Crippen molar-refractivity contribution >= 4 is 0 Å². The molecule has 0 saturated heterocycles. The minimum absolute atomic E-state index is 0.125. The molecular formula is C3H3F4O2. The summed E-state index contributed by atoms with van der Waals surface area (Å²) in [6.45, 7) is 0.125. The van der Waals surface area contributed by atoms with Crippen LogP contribution in [0.2, 0.25) is 0 Å². The number of ether oxygens (including phenoxy) is 1. The first-order valence-corrected chi connectivity index (χ1v) is 1.87. The van der Waals surface area contributed by atoms with Crippen molar-refractivity contribution in [3.05, 3.63) is 0 Å². The van der Waals surface area contributed by atoms with Crippen molar-refractivity contribution in [2.24, 2.45) is 0 Å². The average Bonchev–Trinajstić information content (AvgIpc) is 1.14. The van der Waals surface area contributed by atoms with Gasteiger partial charge in [0.2, 0.25) is 0 Å². The van der Waals surface area contributed by atoms with Crippen molar-refractivity contribution in [2.45, 2.75) is 19.3 Å². The minimum atomic E-state index is -5.20. The Morgan fingerprint density at radius 2 is 1.56 bits per heavy atom. The summed E-state index contributed by atoms with van der Waals surface area (Å²) in [7, 11) is 0. The number of hydrogen-bond donors (Lipinski definition) is 0. The molecule has 0 rings (SSSR count). The molecule has 1 unspecified atom stereocenters. The van der Waals surface area contributed by atoms with Gasteiger partial charge in [0.05, 0.1) is 0 Å². The fraction of sp³-hybridized carbons (Fsp3) is 1.00. The third-order valence-corrected chi connectivity index (χ3v) is 0.298. The van der Waals surface area contributed by atoms with Crippen LogP contribution in [0.15, 0.2) is 0 Å². The van der Waals surface area contributed by atoms with Crippen LogP contribution >= 0.6 is 0 Å². The molecule has 9 heavy (non-hydrogen) atoms. The smallest absolute Gasteiger partial charge is 0.228 e. The highest BCUT2D eigenvalue weighted by Gasteiger charge is 2.40. The Labute approximate surface area is 48.0 Å². The molecule has 0 bridgehead atoms. The van der Waals surface area contributed by atoms with Gasteiger partial charge in [-0.05, 0) is 0 Å². The molecule has 0 heterocycles. The summed E-state index contributed by atoms with van der Waals surface area (Å²) in [6, 6.07) is -3.89. The Kier molecular flexibility index (Phi) is 2.02. The second-order valence-corrected chi connectivity index (χ2v) is 1.38. The monoisotopic (exact) mass is 147 g/mol. The van der Waals surface area contributed by atoms with Gasteiger partial charge in [-0.1, -0.05) is 0 Å². The molecular weight excluding hydrogens is 144 g/mol. The molecule has 0 N–H and O–H groups in total. The van der Waals surface area contributed by atoms with Crippen LogP contribution in [0.5, 0.6) is 0 Å². The highest BCUT2D eigenvalue weighted by atomic mass is 19.4. The lowest BCUT2D eigenvalue weighted by atomic mass is 10.7. The van der Waals surface area contributed by atoms with Gasteiger partial charge < -0.3 is 0 Å². The lowest BCUT2D eigenvalue weighted by Crippen LogP contribution is -2.29. The summed E-state index contributed by atoms with van der Waals surface area (Å²) in [4.78, 5) is 0. The molecule has 0 aromatic carbocycles. The third kappa shape index (κ3) is 7.64. The molecule has 0 saturated carbocycles. The van der Waals surface area contributed by atoms with E-state index in [2.05, 4.69) is 4.74 Å². The van der Waals surface area contributed by atoms with Crippen molar-refractivity contribution < 1.29 is 27.4 Å². The summed E-state index contributed by atoms with van der Waals surface area (Å²) < 4.78 is 46.5. The molecule has 0 aliphatic carbocycles. The Balaban J connectivity index is 3.75. The van der Waals surface area contributed by atoms with E-state index in [0.29, 0.717) is 0 Å².